The maximum Gasteiger partial charge on any atom is 0.326 e. The number of nitrogens with zero attached hydrogens (tertiary/aromatic N) is 1. The highest BCUT2D eigenvalue weighted by atomic mass is 16.4. The van der Waals surface area contributed by atoms with Crippen LogP contribution in [0.4, 0.5) is 4.79 Å². The smallest absolute Gasteiger partial charge is 0.326 e. The van der Waals surface area contributed by atoms with E-state index in [1.807, 2.05) is 0 Å². The number of hydrogen-bond donors (Lipinski definition) is 2. The molecule has 1 aliphatic heterocycles. The fraction of sp³-hybridized carbons (Fsp3) is 0.833. The van der Waals surface area contributed by atoms with Crippen molar-refractivity contribution in [2.24, 2.45) is 5.92 Å². The Morgan fingerprint density at radius 1 is 1.29 bits per heavy atom. The highest BCUT2D eigenvalue weighted by Gasteiger charge is 2.33. The average Bonchev–Trinajstić information content (AvgIpc) is 2.97. The number of aliphatic carboxylic acids is 1. The minimum atomic E-state index is -0.893. The second kappa shape index (κ2) is 5.38. The fourth-order valence-electron chi connectivity index (χ4n) is 2.36. The Labute approximate surface area is 101 Å². The highest BCUT2D eigenvalue weighted by Crippen LogP contribution is 2.33. The summed E-state index contributed by atoms with van der Waals surface area (Å²) in [6, 6.07) is -0.843. The Balaban J connectivity index is 1.68. The molecular weight excluding hydrogens is 220 g/mol. The second-order valence-electron chi connectivity index (χ2n) is 5.01. The summed E-state index contributed by atoms with van der Waals surface area (Å²) < 4.78 is 0. The first-order valence-electron chi connectivity index (χ1n) is 6.46. The highest BCUT2D eigenvalue weighted by molar-refractivity contribution is 5.83. The van der Waals surface area contributed by atoms with E-state index in [1.165, 1.54) is 24.2 Å². The summed E-state index contributed by atoms with van der Waals surface area (Å²) >= 11 is 0. The molecule has 2 amide bonds. The predicted octanol–water partition coefficient (Wildman–Crippen LogP) is 1.44. The molecule has 1 atom stereocenters. The normalized spacial score (nSPS) is 23.8. The third-order valence-corrected chi connectivity index (χ3v) is 3.56. The number of urea groups is 1. The van der Waals surface area contributed by atoms with Gasteiger partial charge in [0.15, 0.2) is 0 Å². The quantitative estimate of drug-likeness (QED) is 0.714. The van der Waals surface area contributed by atoms with Crippen LogP contribution in [-0.4, -0.2) is 41.1 Å². The summed E-state index contributed by atoms with van der Waals surface area (Å²) in [5.41, 5.74) is 0. The molecule has 0 aromatic carbocycles. The maximum absolute atomic E-state index is 11.8. The summed E-state index contributed by atoms with van der Waals surface area (Å²) in [6.07, 6.45) is 6.21. The first-order chi connectivity index (χ1) is 8.18. The van der Waals surface area contributed by atoms with Gasteiger partial charge in [0, 0.05) is 13.1 Å². The summed E-state index contributed by atoms with van der Waals surface area (Å²) in [5, 5.41) is 11.8. The van der Waals surface area contributed by atoms with Crippen LogP contribution in [0.3, 0.4) is 0 Å². The van der Waals surface area contributed by atoms with Crippen LogP contribution in [0.1, 0.15) is 38.5 Å². The van der Waals surface area contributed by atoms with Crippen molar-refractivity contribution in [1.29, 1.82) is 0 Å². The van der Waals surface area contributed by atoms with Gasteiger partial charge in [-0.2, -0.15) is 0 Å². The number of carbonyl (C=O) groups excluding carboxylic acids is 1. The van der Waals surface area contributed by atoms with Crippen LogP contribution in [0.5, 0.6) is 0 Å². The number of hydrogen-bond acceptors (Lipinski definition) is 2. The number of carboxylic acid groups (broad SMARTS) is 1. The summed E-state index contributed by atoms with van der Waals surface area (Å²) in [6.45, 7) is 1.23. The zero-order valence-corrected chi connectivity index (χ0v) is 10.0. The van der Waals surface area contributed by atoms with E-state index in [0.717, 1.165) is 18.8 Å². The Morgan fingerprint density at radius 3 is 2.71 bits per heavy atom. The van der Waals surface area contributed by atoms with Gasteiger partial charge in [0.1, 0.15) is 6.04 Å². The zero-order valence-electron chi connectivity index (χ0n) is 10.0. The van der Waals surface area contributed by atoms with Gasteiger partial charge in [-0.25, -0.2) is 9.59 Å². The second-order valence-corrected chi connectivity index (χ2v) is 5.01. The van der Waals surface area contributed by atoms with Gasteiger partial charge in [-0.1, -0.05) is 12.8 Å². The minimum Gasteiger partial charge on any atom is -0.480 e. The first-order valence-corrected chi connectivity index (χ1v) is 6.46. The lowest BCUT2D eigenvalue weighted by Gasteiger charge is -2.21. The number of rotatable bonds is 5. The molecule has 2 N–H and O–H groups in total. The molecule has 1 aliphatic carbocycles. The van der Waals surface area contributed by atoms with Crippen molar-refractivity contribution in [2.75, 3.05) is 13.1 Å². The number of carboxylic acids is 1. The molecule has 5 heteroatoms. The molecule has 0 radical (unpaired) electrons. The van der Waals surface area contributed by atoms with Gasteiger partial charge < -0.3 is 15.3 Å². The van der Waals surface area contributed by atoms with Crippen molar-refractivity contribution in [1.82, 2.24) is 10.2 Å². The minimum absolute atomic E-state index is 0.217. The topological polar surface area (TPSA) is 69.6 Å². The third kappa shape index (κ3) is 3.35. The fourth-order valence-corrected chi connectivity index (χ4v) is 2.36. The largest absolute Gasteiger partial charge is 0.480 e. The van der Waals surface area contributed by atoms with Gasteiger partial charge in [-0.05, 0) is 31.6 Å². The molecule has 5 nitrogen and oxygen atoms in total. The molecule has 0 spiro atoms. The molecule has 2 aliphatic rings. The standard InChI is InChI=1S/C12H20N2O3/c15-11(16)10-4-2-8-14(10)12(17)13-7-1-3-9-5-6-9/h9-10H,1-8H2,(H,13,17)(H,15,16). The lowest BCUT2D eigenvalue weighted by Crippen LogP contribution is -2.46. The van der Waals surface area contributed by atoms with E-state index in [2.05, 4.69) is 5.32 Å². The Kier molecular flexibility index (Phi) is 3.86. The summed E-state index contributed by atoms with van der Waals surface area (Å²) in [5.74, 6) is -0.0129. The number of carbonyl (C=O) groups is 2. The molecule has 0 aromatic heterocycles. The molecule has 17 heavy (non-hydrogen) atoms. The Hall–Kier alpha value is -1.26. The first kappa shape index (κ1) is 12.2. The summed E-state index contributed by atoms with van der Waals surface area (Å²) in [4.78, 5) is 24.1. The monoisotopic (exact) mass is 240 g/mol. The van der Waals surface area contributed by atoms with Crippen LogP contribution in [-0.2, 0) is 4.79 Å². The van der Waals surface area contributed by atoms with E-state index in [-0.39, 0.29) is 6.03 Å². The molecule has 1 saturated carbocycles. The zero-order chi connectivity index (χ0) is 12.3. The van der Waals surface area contributed by atoms with Gasteiger partial charge >= 0.3 is 12.0 Å². The number of likely N-dealkylation sites (tertiary alicyclic amines) is 1. The molecule has 2 rings (SSSR count). The van der Waals surface area contributed by atoms with E-state index < -0.39 is 12.0 Å². The van der Waals surface area contributed by atoms with Gasteiger partial charge in [0.25, 0.3) is 0 Å². The SMILES string of the molecule is O=C(O)C1CCCN1C(=O)NCCCC1CC1. The number of amides is 2. The molecular formula is C12H20N2O3. The van der Waals surface area contributed by atoms with Gasteiger partial charge in [0.2, 0.25) is 0 Å². The van der Waals surface area contributed by atoms with Crippen LogP contribution in [0.15, 0.2) is 0 Å². The van der Waals surface area contributed by atoms with E-state index >= 15 is 0 Å². The maximum atomic E-state index is 11.8. The molecule has 1 heterocycles. The average molecular weight is 240 g/mol. The van der Waals surface area contributed by atoms with Gasteiger partial charge in [0.05, 0.1) is 0 Å². The number of nitrogens with one attached hydrogen (secondary N) is 1. The predicted molar refractivity (Wildman–Crippen MR) is 62.7 cm³/mol. The molecule has 2 fully saturated rings. The molecule has 1 unspecified atom stereocenters. The van der Waals surface area contributed by atoms with Crippen molar-refractivity contribution in [3.05, 3.63) is 0 Å². The Bertz CT molecular complexity index is 302. The molecule has 0 bridgehead atoms. The lowest BCUT2D eigenvalue weighted by molar-refractivity contribution is -0.141. The third-order valence-electron chi connectivity index (χ3n) is 3.56. The Morgan fingerprint density at radius 2 is 2.06 bits per heavy atom. The van der Waals surface area contributed by atoms with Gasteiger partial charge in [-0.15, -0.1) is 0 Å². The lowest BCUT2D eigenvalue weighted by atomic mass is 10.2. The summed E-state index contributed by atoms with van der Waals surface area (Å²) in [7, 11) is 0. The van der Waals surface area contributed by atoms with Crippen LogP contribution in [0, 0.1) is 5.92 Å². The van der Waals surface area contributed by atoms with Gasteiger partial charge in [-0.3, -0.25) is 0 Å². The van der Waals surface area contributed by atoms with E-state index in [0.29, 0.717) is 19.5 Å². The van der Waals surface area contributed by atoms with Crippen molar-refractivity contribution in [3.63, 3.8) is 0 Å². The van der Waals surface area contributed by atoms with Crippen molar-refractivity contribution in [3.8, 4) is 0 Å². The van der Waals surface area contributed by atoms with Crippen LogP contribution in [0.25, 0.3) is 0 Å². The van der Waals surface area contributed by atoms with Crippen LogP contribution < -0.4 is 5.32 Å². The van der Waals surface area contributed by atoms with E-state index in [4.69, 9.17) is 5.11 Å². The molecule has 0 aromatic rings. The van der Waals surface area contributed by atoms with Crippen LogP contribution in [0.2, 0.25) is 0 Å². The van der Waals surface area contributed by atoms with E-state index in [1.54, 1.807) is 0 Å². The van der Waals surface area contributed by atoms with E-state index in [9.17, 15) is 9.59 Å². The van der Waals surface area contributed by atoms with Crippen molar-refractivity contribution in [2.45, 2.75) is 44.6 Å². The molecule has 1 saturated heterocycles. The van der Waals surface area contributed by atoms with Crippen LogP contribution >= 0.6 is 0 Å². The van der Waals surface area contributed by atoms with Crippen molar-refractivity contribution < 1.29 is 14.7 Å². The van der Waals surface area contributed by atoms with Crippen molar-refractivity contribution >= 4 is 12.0 Å². The molecule has 96 valence electrons.